The van der Waals surface area contributed by atoms with Crippen LogP contribution in [0.1, 0.15) is 105 Å². The Hall–Kier alpha value is -3.72. The molecule has 1 aromatic carbocycles. The van der Waals surface area contributed by atoms with Gasteiger partial charge in [0.2, 0.25) is 5.79 Å². The van der Waals surface area contributed by atoms with Crippen LogP contribution in [0.15, 0.2) is 66.3 Å². The molecule has 3 heterocycles. The Morgan fingerprint density at radius 1 is 0.968 bits per heavy atom. The number of nitrogens with zero attached hydrogens (tertiary/aromatic N) is 1. The number of aliphatic hydroxyl groups excluding tert-OH is 1. The van der Waals surface area contributed by atoms with Crippen molar-refractivity contribution in [1.82, 2.24) is 4.90 Å². The zero-order valence-electron chi connectivity index (χ0n) is 37.9. The molecule has 13 heteroatoms. The Labute approximate surface area is 368 Å². The van der Waals surface area contributed by atoms with Crippen molar-refractivity contribution < 1.29 is 53.1 Å². The van der Waals surface area contributed by atoms with Crippen molar-refractivity contribution in [3.05, 3.63) is 66.3 Å². The van der Waals surface area contributed by atoms with Gasteiger partial charge in [0.15, 0.2) is 0 Å². The average molecular weight is 865 g/mol. The van der Waals surface area contributed by atoms with E-state index >= 15 is 0 Å². The fourth-order valence-electron chi connectivity index (χ4n) is 10.0. The van der Waals surface area contributed by atoms with Gasteiger partial charge in [-0.05, 0) is 108 Å². The van der Waals surface area contributed by atoms with E-state index in [0.717, 1.165) is 17.7 Å². The maximum atomic E-state index is 14.5. The molecule has 14 atom stereocenters. The predicted octanol–water partition coefficient (Wildman–Crippen LogP) is 6.04. The van der Waals surface area contributed by atoms with Crippen LogP contribution >= 0.6 is 0 Å². The molecule has 3 aliphatic heterocycles. The summed E-state index contributed by atoms with van der Waals surface area (Å²) < 4.78 is 30.7. The summed E-state index contributed by atoms with van der Waals surface area (Å²) in [6, 6.07) is 8.21. The Morgan fingerprint density at radius 3 is 2.34 bits per heavy atom. The summed E-state index contributed by atoms with van der Waals surface area (Å²) >= 11 is 0. The van der Waals surface area contributed by atoms with Crippen LogP contribution in [0, 0.1) is 29.6 Å². The van der Waals surface area contributed by atoms with Gasteiger partial charge in [0.05, 0.1) is 18.3 Å². The first-order valence-corrected chi connectivity index (χ1v) is 22.7. The summed E-state index contributed by atoms with van der Waals surface area (Å²) in [6.07, 6.45) is 6.06. The fourth-order valence-corrected chi connectivity index (χ4v) is 10.0. The standard InChI is InChI=1S/C49H72N2O11/c1-9-15-35-23-29(2)22-30(3)24-42(58-7)45-43(59-8)26-32(5)49(57,62-45)46(54)47(55)51-21-14-13-18-38(51)48(56)61-44(33(6)39(52)28-40(35)53)31(4)25-34-19-20-37(50)41(27-34)60-36-16-11-10-12-17-36/h9-12,16-17,23,25,30,32-35,37-39,41-45,52,57H,1,13-15,18-22,24,26-28,50H2,2-8H3. The number of rotatable bonds is 8. The summed E-state index contributed by atoms with van der Waals surface area (Å²) in [7, 11) is 3.06. The molecule has 3 fully saturated rings. The van der Waals surface area contributed by atoms with Crippen molar-refractivity contribution in [1.29, 1.82) is 0 Å². The number of hydrogen-bond acceptors (Lipinski definition) is 12. The van der Waals surface area contributed by atoms with E-state index in [-0.39, 0.29) is 55.6 Å². The third kappa shape index (κ3) is 11.9. The minimum atomic E-state index is -2.51. The van der Waals surface area contributed by atoms with Gasteiger partial charge < -0.3 is 44.5 Å². The molecule has 4 aliphatic rings. The number of carbonyl (C=O) groups is 4. The van der Waals surface area contributed by atoms with Crippen LogP contribution in [-0.2, 0) is 38.1 Å². The maximum absolute atomic E-state index is 14.5. The van der Waals surface area contributed by atoms with Crippen LogP contribution in [0.25, 0.3) is 0 Å². The number of nitrogens with two attached hydrogens (primary N) is 1. The number of benzene rings is 1. The SMILES string of the molecule is C=CCC1C=C(C)CC(C)CC(OC)C2OC(O)(C(=O)C(=O)N3CCCCC3C(=O)OC(C(C)=CC3CCC(N)C(Oc4ccccc4)C3)C(C)C(O)CC1=O)C(C)CC2OC. The van der Waals surface area contributed by atoms with Gasteiger partial charge >= 0.3 is 5.97 Å². The highest BCUT2D eigenvalue weighted by Gasteiger charge is 2.56. The number of esters is 1. The second-order valence-corrected chi connectivity index (χ2v) is 18.6. The number of cyclic esters (lactones) is 1. The first-order chi connectivity index (χ1) is 29.5. The summed E-state index contributed by atoms with van der Waals surface area (Å²) in [4.78, 5) is 58.3. The first-order valence-electron chi connectivity index (χ1n) is 22.7. The Balaban J connectivity index is 1.52. The second kappa shape index (κ2) is 22.3. The van der Waals surface area contributed by atoms with Crippen LogP contribution in [0.4, 0.5) is 0 Å². The van der Waals surface area contributed by atoms with E-state index in [4.69, 9.17) is 29.4 Å². The zero-order chi connectivity index (χ0) is 45.3. The lowest BCUT2D eigenvalue weighted by atomic mass is 9.81. The lowest BCUT2D eigenvalue weighted by molar-refractivity contribution is -0.302. The van der Waals surface area contributed by atoms with Crippen molar-refractivity contribution in [2.75, 3.05) is 20.8 Å². The summed E-state index contributed by atoms with van der Waals surface area (Å²) in [5.41, 5.74) is 8.18. The normalized spacial score (nSPS) is 37.6. The quantitative estimate of drug-likeness (QED) is 0.157. The molecule has 2 saturated heterocycles. The highest BCUT2D eigenvalue weighted by atomic mass is 16.7. The minimum Gasteiger partial charge on any atom is -0.489 e. The second-order valence-electron chi connectivity index (χ2n) is 18.6. The van der Waals surface area contributed by atoms with E-state index in [9.17, 15) is 29.4 Å². The number of ketones is 2. The van der Waals surface area contributed by atoms with Gasteiger partial charge in [-0.3, -0.25) is 14.4 Å². The first kappa shape index (κ1) is 49.3. The maximum Gasteiger partial charge on any atom is 0.329 e. The fraction of sp³-hybridized carbons (Fsp3) is 0.673. The highest BCUT2D eigenvalue weighted by molar-refractivity contribution is 6.39. The summed E-state index contributed by atoms with van der Waals surface area (Å²) in [6.45, 7) is 13.2. The molecule has 0 radical (unpaired) electrons. The summed E-state index contributed by atoms with van der Waals surface area (Å²) in [5.74, 6) is -6.99. The van der Waals surface area contributed by atoms with Crippen LogP contribution < -0.4 is 10.5 Å². The van der Waals surface area contributed by atoms with Gasteiger partial charge in [0.25, 0.3) is 11.7 Å². The number of aliphatic hydroxyl groups is 2. The van der Waals surface area contributed by atoms with Gasteiger partial charge in [0.1, 0.15) is 35.9 Å². The molecule has 62 heavy (non-hydrogen) atoms. The molecule has 13 nitrogen and oxygen atoms in total. The molecule has 0 spiro atoms. The summed E-state index contributed by atoms with van der Waals surface area (Å²) in [5, 5.41) is 23.9. The molecule has 1 amide bonds. The van der Waals surface area contributed by atoms with Gasteiger partial charge in [0, 0.05) is 51.0 Å². The van der Waals surface area contributed by atoms with Crippen molar-refractivity contribution in [2.24, 2.45) is 35.3 Å². The molecule has 344 valence electrons. The molecule has 2 bridgehead atoms. The molecule has 5 rings (SSSR count). The van der Waals surface area contributed by atoms with Gasteiger partial charge in [-0.1, -0.05) is 62.8 Å². The molecular formula is C49H72N2O11. The minimum absolute atomic E-state index is 0.00801. The van der Waals surface area contributed by atoms with Crippen molar-refractivity contribution in [3.8, 4) is 5.75 Å². The van der Waals surface area contributed by atoms with E-state index in [2.05, 4.69) is 6.58 Å². The molecular weight excluding hydrogens is 793 g/mol. The number of Topliss-reactive ketones (excluding diaryl/α,β-unsaturated/α-hetero) is 2. The topological polar surface area (TPSA) is 184 Å². The molecule has 0 aromatic heterocycles. The van der Waals surface area contributed by atoms with Crippen LogP contribution in [0.3, 0.4) is 0 Å². The number of piperidine rings is 1. The predicted molar refractivity (Wildman–Crippen MR) is 235 cm³/mol. The molecule has 1 saturated carbocycles. The number of allylic oxidation sites excluding steroid dienone is 4. The number of amides is 1. The van der Waals surface area contributed by atoms with Crippen LogP contribution in [0.2, 0.25) is 0 Å². The lowest BCUT2D eigenvalue weighted by Crippen LogP contribution is -2.64. The van der Waals surface area contributed by atoms with Crippen molar-refractivity contribution in [2.45, 2.75) is 160 Å². The largest absolute Gasteiger partial charge is 0.489 e. The Bertz CT molecular complexity index is 1770. The van der Waals surface area contributed by atoms with E-state index in [1.54, 1.807) is 19.9 Å². The van der Waals surface area contributed by atoms with E-state index < -0.39 is 77.8 Å². The lowest BCUT2D eigenvalue weighted by Gasteiger charge is -2.47. The monoisotopic (exact) mass is 865 g/mol. The third-order valence-electron chi connectivity index (χ3n) is 13.7. The molecule has 4 N–H and O–H groups in total. The smallest absolute Gasteiger partial charge is 0.329 e. The molecule has 1 aromatic rings. The number of ether oxygens (including phenoxy) is 5. The van der Waals surface area contributed by atoms with Crippen LogP contribution in [-0.4, -0.2) is 114 Å². The van der Waals surface area contributed by atoms with Crippen LogP contribution in [0.5, 0.6) is 5.75 Å². The Morgan fingerprint density at radius 2 is 1.66 bits per heavy atom. The number of hydrogen-bond donors (Lipinski definition) is 3. The molecule has 1 aliphatic carbocycles. The average Bonchev–Trinajstić information content (AvgIpc) is 3.25. The van der Waals surface area contributed by atoms with Crippen molar-refractivity contribution >= 4 is 23.4 Å². The third-order valence-corrected chi connectivity index (χ3v) is 13.7. The van der Waals surface area contributed by atoms with E-state index in [0.29, 0.717) is 50.5 Å². The number of methoxy groups -OCH3 is 2. The van der Waals surface area contributed by atoms with Gasteiger partial charge in [-0.25, -0.2) is 4.79 Å². The van der Waals surface area contributed by atoms with Gasteiger partial charge in [-0.15, -0.1) is 6.58 Å². The van der Waals surface area contributed by atoms with E-state index in [1.165, 1.54) is 19.1 Å². The molecule has 14 unspecified atom stereocenters. The van der Waals surface area contributed by atoms with Crippen molar-refractivity contribution in [3.63, 3.8) is 0 Å². The number of para-hydroxylation sites is 1. The number of carbonyl (C=O) groups excluding carboxylic acids is 4. The van der Waals surface area contributed by atoms with Gasteiger partial charge in [-0.2, -0.15) is 0 Å². The van der Waals surface area contributed by atoms with E-state index in [1.807, 2.05) is 63.3 Å². The number of fused-ring (bicyclic) bond motifs is 3. The highest BCUT2D eigenvalue weighted by Crippen LogP contribution is 2.39. The zero-order valence-corrected chi connectivity index (χ0v) is 37.9. The Kier molecular flexibility index (Phi) is 17.7.